The van der Waals surface area contributed by atoms with Gasteiger partial charge in [-0.05, 0) is 12.1 Å². The van der Waals surface area contributed by atoms with Crippen LogP contribution < -0.4 is 0 Å². The lowest BCUT2D eigenvalue weighted by atomic mass is 9.99. The summed E-state index contributed by atoms with van der Waals surface area (Å²) in [7, 11) is 0. The lowest BCUT2D eigenvalue weighted by Gasteiger charge is -2.05. The SMILES string of the molecule is CCC(=O)C(C)Cc1cn2ccccc2n1. The Morgan fingerprint density at radius 3 is 3.00 bits per heavy atom. The first-order valence-electron chi connectivity index (χ1n) is 5.66. The average molecular weight is 216 g/mol. The number of rotatable bonds is 4. The van der Waals surface area contributed by atoms with Crippen molar-refractivity contribution >= 4 is 11.4 Å². The van der Waals surface area contributed by atoms with E-state index in [2.05, 4.69) is 4.98 Å². The molecule has 84 valence electrons. The monoisotopic (exact) mass is 216 g/mol. The van der Waals surface area contributed by atoms with Crippen LogP contribution in [0.15, 0.2) is 30.6 Å². The number of pyridine rings is 1. The number of aromatic nitrogens is 2. The van der Waals surface area contributed by atoms with Crippen LogP contribution in [-0.4, -0.2) is 15.2 Å². The van der Waals surface area contributed by atoms with Crippen molar-refractivity contribution in [1.29, 1.82) is 0 Å². The molecule has 0 amide bonds. The molecule has 2 aromatic heterocycles. The van der Waals surface area contributed by atoms with Crippen molar-refractivity contribution in [3.63, 3.8) is 0 Å². The molecule has 0 spiro atoms. The number of fused-ring (bicyclic) bond motifs is 1. The zero-order valence-electron chi connectivity index (χ0n) is 9.68. The molecule has 2 heterocycles. The van der Waals surface area contributed by atoms with Crippen molar-refractivity contribution in [3.8, 4) is 0 Å². The molecule has 0 radical (unpaired) electrons. The third-order valence-electron chi connectivity index (χ3n) is 2.83. The molecule has 3 heteroatoms. The van der Waals surface area contributed by atoms with Crippen molar-refractivity contribution in [3.05, 3.63) is 36.3 Å². The summed E-state index contributed by atoms with van der Waals surface area (Å²) in [5, 5.41) is 0. The van der Waals surface area contributed by atoms with Crippen LogP contribution in [0, 0.1) is 5.92 Å². The first-order chi connectivity index (χ1) is 7.70. The highest BCUT2D eigenvalue weighted by Gasteiger charge is 2.13. The maximum absolute atomic E-state index is 11.5. The van der Waals surface area contributed by atoms with Crippen LogP contribution in [0.5, 0.6) is 0 Å². The van der Waals surface area contributed by atoms with Crippen LogP contribution in [0.3, 0.4) is 0 Å². The van der Waals surface area contributed by atoms with Gasteiger partial charge < -0.3 is 4.40 Å². The number of carbonyl (C=O) groups is 1. The molecule has 0 aliphatic heterocycles. The quantitative estimate of drug-likeness (QED) is 0.787. The van der Waals surface area contributed by atoms with Gasteiger partial charge in [0.05, 0.1) is 5.69 Å². The highest BCUT2D eigenvalue weighted by Crippen LogP contribution is 2.11. The number of hydrogen-bond acceptors (Lipinski definition) is 2. The molecule has 16 heavy (non-hydrogen) atoms. The maximum Gasteiger partial charge on any atom is 0.136 e. The fraction of sp³-hybridized carbons (Fsp3) is 0.385. The zero-order chi connectivity index (χ0) is 11.5. The van der Waals surface area contributed by atoms with Gasteiger partial charge in [0, 0.05) is 31.2 Å². The van der Waals surface area contributed by atoms with E-state index in [0.717, 1.165) is 17.8 Å². The number of ketones is 1. The Bertz CT molecular complexity index is 468. The number of nitrogens with zero attached hydrogens (tertiary/aromatic N) is 2. The van der Waals surface area contributed by atoms with Crippen molar-refractivity contribution in [2.75, 3.05) is 0 Å². The van der Waals surface area contributed by atoms with Gasteiger partial charge in [-0.1, -0.05) is 19.9 Å². The first-order valence-corrected chi connectivity index (χ1v) is 5.66. The van der Waals surface area contributed by atoms with E-state index in [-0.39, 0.29) is 5.92 Å². The van der Waals surface area contributed by atoms with Gasteiger partial charge in [-0.25, -0.2) is 4.98 Å². The summed E-state index contributed by atoms with van der Waals surface area (Å²) >= 11 is 0. The highest BCUT2D eigenvalue weighted by molar-refractivity contribution is 5.80. The Morgan fingerprint density at radius 2 is 2.31 bits per heavy atom. The van der Waals surface area contributed by atoms with Gasteiger partial charge in [0.15, 0.2) is 0 Å². The Kier molecular flexibility index (Phi) is 3.04. The minimum atomic E-state index is 0.0647. The summed E-state index contributed by atoms with van der Waals surface area (Å²) in [6.07, 6.45) is 5.30. The van der Waals surface area contributed by atoms with Crippen molar-refractivity contribution < 1.29 is 4.79 Å². The lowest BCUT2D eigenvalue weighted by Crippen LogP contribution is -2.12. The Morgan fingerprint density at radius 1 is 1.50 bits per heavy atom. The molecule has 2 aromatic rings. The number of imidazole rings is 1. The summed E-state index contributed by atoms with van der Waals surface area (Å²) < 4.78 is 1.98. The molecule has 0 N–H and O–H groups in total. The van der Waals surface area contributed by atoms with Gasteiger partial charge >= 0.3 is 0 Å². The summed E-state index contributed by atoms with van der Waals surface area (Å²) in [6.45, 7) is 3.87. The van der Waals surface area contributed by atoms with Crippen LogP contribution in [0.1, 0.15) is 26.0 Å². The lowest BCUT2D eigenvalue weighted by molar-refractivity contribution is -0.122. The predicted octanol–water partition coefficient (Wildman–Crippen LogP) is 2.49. The minimum Gasteiger partial charge on any atom is -0.307 e. The van der Waals surface area contributed by atoms with E-state index >= 15 is 0 Å². The van der Waals surface area contributed by atoms with Gasteiger partial charge in [0.1, 0.15) is 11.4 Å². The van der Waals surface area contributed by atoms with Gasteiger partial charge in [0.25, 0.3) is 0 Å². The Balaban J connectivity index is 2.18. The molecule has 2 rings (SSSR count). The van der Waals surface area contributed by atoms with Gasteiger partial charge in [-0.15, -0.1) is 0 Å². The standard InChI is InChI=1S/C13H16N2O/c1-3-12(16)10(2)8-11-9-15-7-5-4-6-13(15)14-11/h4-7,9-10H,3,8H2,1-2H3. The van der Waals surface area contributed by atoms with Crippen molar-refractivity contribution in [1.82, 2.24) is 9.38 Å². The zero-order valence-corrected chi connectivity index (χ0v) is 9.68. The molecule has 0 bridgehead atoms. The van der Waals surface area contributed by atoms with E-state index in [1.807, 2.05) is 48.8 Å². The second-order valence-corrected chi connectivity index (χ2v) is 4.12. The Labute approximate surface area is 95.1 Å². The van der Waals surface area contributed by atoms with Crippen LogP contribution in [0.25, 0.3) is 5.65 Å². The van der Waals surface area contributed by atoms with Crippen molar-refractivity contribution in [2.45, 2.75) is 26.7 Å². The normalized spacial score (nSPS) is 12.9. The average Bonchev–Trinajstić information content (AvgIpc) is 2.69. The van der Waals surface area contributed by atoms with E-state index < -0.39 is 0 Å². The van der Waals surface area contributed by atoms with Gasteiger partial charge in [0.2, 0.25) is 0 Å². The first kappa shape index (κ1) is 10.9. The van der Waals surface area contributed by atoms with Gasteiger partial charge in [-0.2, -0.15) is 0 Å². The molecule has 3 nitrogen and oxygen atoms in total. The minimum absolute atomic E-state index is 0.0647. The van der Waals surface area contributed by atoms with E-state index in [0.29, 0.717) is 12.2 Å². The molecular formula is C13H16N2O. The highest BCUT2D eigenvalue weighted by atomic mass is 16.1. The molecule has 0 aliphatic carbocycles. The van der Waals surface area contributed by atoms with Crippen LogP contribution in [0.2, 0.25) is 0 Å². The second-order valence-electron chi connectivity index (χ2n) is 4.12. The summed E-state index contributed by atoms with van der Waals surface area (Å²) in [6, 6.07) is 5.90. The molecule has 1 atom stereocenters. The molecule has 0 saturated carbocycles. The van der Waals surface area contributed by atoms with E-state index in [1.165, 1.54) is 0 Å². The number of carbonyl (C=O) groups excluding carboxylic acids is 1. The number of Topliss-reactive ketones (excluding diaryl/α,β-unsaturated/α-hetero) is 1. The van der Waals surface area contributed by atoms with E-state index in [4.69, 9.17) is 0 Å². The third-order valence-corrected chi connectivity index (χ3v) is 2.83. The van der Waals surface area contributed by atoms with Crippen molar-refractivity contribution in [2.24, 2.45) is 5.92 Å². The summed E-state index contributed by atoms with van der Waals surface area (Å²) in [5.74, 6) is 0.368. The van der Waals surface area contributed by atoms with E-state index in [1.54, 1.807) is 0 Å². The van der Waals surface area contributed by atoms with E-state index in [9.17, 15) is 4.79 Å². The molecule has 0 aliphatic rings. The summed E-state index contributed by atoms with van der Waals surface area (Å²) in [5.41, 5.74) is 1.93. The molecule has 0 aromatic carbocycles. The summed E-state index contributed by atoms with van der Waals surface area (Å²) in [4.78, 5) is 16.0. The molecule has 0 saturated heterocycles. The van der Waals surface area contributed by atoms with Gasteiger partial charge in [-0.3, -0.25) is 4.79 Å². The fourth-order valence-electron chi connectivity index (χ4n) is 1.86. The van der Waals surface area contributed by atoms with Crippen LogP contribution >= 0.6 is 0 Å². The number of hydrogen-bond donors (Lipinski definition) is 0. The topological polar surface area (TPSA) is 34.4 Å². The van der Waals surface area contributed by atoms with Crippen LogP contribution in [0.4, 0.5) is 0 Å². The van der Waals surface area contributed by atoms with Crippen LogP contribution in [-0.2, 0) is 11.2 Å². The predicted molar refractivity (Wildman–Crippen MR) is 63.4 cm³/mol. The molecular weight excluding hydrogens is 200 g/mol. The molecule has 0 fully saturated rings. The smallest absolute Gasteiger partial charge is 0.136 e. The Hall–Kier alpha value is -1.64. The molecule has 1 unspecified atom stereocenters. The largest absolute Gasteiger partial charge is 0.307 e. The fourth-order valence-corrected chi connectivity index (χ4v) is 1.86. The third kappa shape index (κ3) is 2.13. The maximum atomic E-state index is 11.5. The second kappa shape index (κ2) is 4.47.